The van der Waals surface area contributed by atoms with E-state index in [9.17, 15) is 0 Å². The minimum Gasteiger partial charge on any atom is -0.376 e. The van der Waals surface area contributed by atoms with Crippen molar-refractivity contribution in [3.8, 4) is 0 Å². The summed E-state index contributed by atoms with van der Waals surface area (Å²) >= 11 is 6.07. The Balaban J connectivity index is 2.12. The van der Waals surface area contributed by atoms with E-state index in [4.69, 9.17) is 26.8 Å². The molecule has 3 nitrogen and oxygen atoms in total. The predicted octanol–water partition coefficient (Wildman–Crippen LogP) is 2.06. The van der Waals surface area contributed by atoms with Gasteiger partial charge in [-0.3, -0.25) is 0 Å². The zero-order valence-corrected chi connectivity index (χ0v) is 10.0. The first-order chi connectivity index (χ1) is 7.68. The van der Waals surface area contributed by atoms with Crippen LogP contribution in [0.4, 0.5) is 0 Å². The molecule has 0 radical (unpaired) electrons. The Bertz CT molecular complexity index is 364. The van der Waals surface area contributed by atoms with Crippen molar-refractivity contribution in [2.24, 2.45) is 5.73 Å². The lowest BCUT2D eigenvalue weighted by molar-refractivity contribution is -0.0975. The van der Waals surface area contributed by atoms with E-state index in [2.05, 4.69) is 0 Å². The molecule has 1 aromatic carbocycles. The van der Waals surface area contributed by atoms with Gasteiger partial charge in [-0.2, -0.15) is 0 Å². The van der Waals surface area contributed by atoms with Crippen LogP contribution in [0, 0.1) is 6.92 Å². The molecule has 1 saturated heterocycles. The molecular formula is C12H16ClNO2. The molecule has 0 spiro atoms. The third kappa shape index (κ3) is 2.55. The summed E-state index contributed by atoms with van der Waals surface area (Å²) in [6, 6.07) is 5.68. The van der Waals surface area contributed by atoms with E-state index in [0.717, 1.165) is 16.1 Å². The van der Waals surface area contributed by atoms with Crippen molar-refractivity contribution in [2.75, 3.05) is 19.8 Å². The Labute approximate surface area is 100 Å². The fourth-order valence-electron chi connectivity index (χ4n) is 1.74. The largest absolute Gasteiger partial charge is 0.376 e. The Morgan fingerprint density at radius 2 is 2.25 bits per heavy atom. The van der Waals surface area contributed by atoms with E-state index in [1.807, 2.05) is 25.1 Å². The van der Waals surface area contributed by atoms with Crippen LogP contribution in [0.5, 0.6) is 0 Å². The fourth-order valence-corrected chi connectivity index (χ4v) is 1.93. The second-order valence-corrected chi connectivity index (χ2v) is 4.43. The van der Waals surface area contributed by atoms with Gasteiger partial charge in [-0.15, -0.1) is 0 Å². The van der Waals surface area contributed by atoms with E-state index >= 15 is 0 Å². The Morgan fingerprint density at radius 1 is 1.44 bits per heavy atom. The molecule has 1 fully saturated rings. The molecule has 2 atom stereocenters. The maximum Gasteiger partial charge on any atom is 0.100 e. The molecule has 2 rings (SSSR count). The second-order valence-electron chi connectivity index (χ2n) is 4.02. The standard InChI is InChI=1S/C12H16ClNO2/c1-8-2-3-9(6-10(8)13)12(14)11-7-15-4-5-16-11/h2-3,6,11-12H,4-5,7,14H2,1H3. The van der Waals surface area contributed by atoms with E-state index in [0.29, 0.717) is 19.8 Å². The van der Waals surface area contributed by atoms with Gasteiger partial charge in [-0.25, -0.2) is 0 Å². The van der Waals surface area contributed by atoms with Gasteiger partial charge < -0.3 is 15.2 Å². The van der Waals surface area contributed by atoms with E-state index < -0.39 is 0 Å². The summed E-state index contributed by atoms with van der Waals surface area (Å²) in [5.74, 6) is 0. The smallest absolute Gasteiger partial charge is 0.100 e. The summed E-state index contributed by atoms with van der Waals surface area (Å²) in [6.07, 6.45) is -0.0764. The molecule has 1 aromatic rings. The number of hydrogen-bond donors (Lipinski definition) is 1. The lowest BCUT2D eigenvalue weighted by atomic mass is 10.0. The third-order valence-corrected chi connectivity index (χ3v) is 3.23. The van der Waals surface area contributed by atoms with Crippen molar-refractivity contribution in [3.63, 3.8) is 0 Å². The fraction of sp³-hybridized carbons (Fsp3) is 0.500. The van der Waals surface area contributed by atoms with Gasteiger partial charge >= 0.3 is 0 Å². The highest BCUT2D eigenvalue weighted by Gasteiger charge is 2.23. The van der Waals surface area contributed by atoms with Gasteiger partial charge in [0, 0.05) is 5.02 Å². The summed E-state index contributed by atoms with van der Waals surface area (Å²) in [5, 5.41) is 0.740. The zero-order valence-electron chi connectivity index (χ0n) is 9.28. The van der Waals surface area contributed by atoms with Crippen LogP contribution in [0.2, 0.25) is 5.02 Å². The van der Waals surface area contributed by atoms with Crippen LogP contribution in [0.1, 0.15) is 17.2 Å². The number of aryl methyl sites for hydroxylation is 1. The van der Waals surface area contributed by atoms with Crippen LogP contribution in [0.25, 0.3) is 0 Å². The summed E-state index contributed by atoms with van der Waals surface area (Å²) in [6.45, 7) is 3.78. The molecule has 0 aliphatic carbocycles. The van der Waals surface area contributed by atoms with Crippen molar-refractivity contribution in [3.05, 3.63) is 34.3 Å². The third-order valence-electron chi connectivity index (χ3n) is 2.82. The van der Waals surface area contributed by atoms with Gasteiger partial charge in [0.05, 0.1) is 25.9 Å². The summed E-state index contributed by atoms with van der Waals surface area (Å²) in [7, 11) is 0. The van der Waals surface area contributed by atoms with Crippen molar-refractivity contribution < 1.29 is 9.47 Å². The SMILES string of the molecule is Cc1ccc(C(N)C2COCCO2)cc1Cl. The predicted molar refractivity (Wildman–Crippen MR) is 63.7 cm³/mol. The number of hydrogen-bond acceptors (Lipinski definition) is 3. The van der Waals surface area contributed by atoms with Crippen LogP contribution in [0.3, 0.4) is 0 Å². The first-order valence-corrected chi connectivity index (χ1v) is 5.77. The van der Waals surface area contributed by atoms with Crippen LogP contribution >= 0.6 is 11.6 Å². The van der Waals surface area contributed by atoms with E-state index in [-0.39, 0.29) is 12.1 Å². The van der Waals surface area contributed by atoms with Crippen LogP contribution in [-0.2, 0) is 9.47 Å². The minimum absolute atomic E-state index is 0.0764. The maximum atomic E-state index is 6.13. The number of rotatable bonds is 2. The Hall–Kier alpha value is -0.610. The Morgan fingerprint density at radius 3 is 2.88 bits per heavy atom. The number of halogens is 1. The first-order valence-electron chi connectivity index (χ1n) is 5.39. The molecule has 2 unspecified atom stereocenters. The van der Waals surface area contributed by atoms with Gasteiger partial charge in [0.25, 0.3) is 0 Å². The van der Waals surface area contributed by atoms with Crippen LogP contribution in [-0.4, -0.2) is 25.9 Å². The number of benzene rings is 1. The van der Waals surface area contributed by atoms with Crippen molar-refractivity contribution in [1.82, 2.24) is 0 Å². The zero-order chi connectivity index (χ0) is 11.5. The molecular weight excluding hydrogens is 226 g/mol. The average Bonchev–Trinajstić information content (AvgIpc) is 2.33. The molecule has 1 aliphatic heterocycles. The monoisotopic (exact) mass is 241 g/mol. The summed E-state index contributed by atoms with van der Waals surface area (Å²) in [4.78, 5) is 0. The lowest BCUT2D eigenvalue weighted by Crippen LogP contribution is -2.37. The molecule has 0 aromatic heterocycles. The normalized spacial score (nSPS) is 23.1. The molecule has 88 valence electrons. The summed E-state index contributed by atoms with van der Waals surface area (Å²) < 4.78 is 10.9. The van der Waals surface area contributed by atoms with Crippen LogP contribution in [0.15, 0.2) is 18.2 Å². The molecule has 2 N–H and O–H groups in total. The quantitative estimate of drug-likeness (QED) is 0.862. The highest BCUT2D eigenvalue weighted by Crippen LogP contribution is 2.24. The minimum atomic E-state index is -0.182. The molecule has 0 amide bonds. The highest BCUT2D eigenvalue weighted by molar-refractivity contribution is 6.31. The van der Waals surface area contributed by atoms with Gasteiger partial charge in [0.1, 0.15) is 6.10 Å². The lowest BCUT2D eigenvalue weighted by Gasteiger charge is -2.28. The van der Waals surface area contributed by atoms with E-state index in [1.54, 1.807) is 0 Å². The van der Waals surface area contributed by atoms with Crippen molar-refractivity contribution >= 4 is 11.6 Å². The molecule has 0 bridgehead atoms. The molecule has 16 heavy (non-hydrogen) atoms. The maximum absolute atomic E-state index is 6.13. The molecule has 4 heteroatoms. The van der Waals surface area contributed by atoms with Gasteiger partial charge in [-0.1, -0.05) is 23.7 Å². The summed E-state index contributed by atoms with van der Waals surface area (Å²) in [5.41, 5.74) is 8.17. The number of nitrogens with two attached hydrogens (primary N) is 1. The molecule has 1 aliphatic rings. The molecule has 1 heterocycles. The topological polar surface area (TPSA) is 44.5 Å². The first kappa shape index (κ1) is 11.9. The second kappa shape index (κ2) is 5.15. The van der Waals surface area contributed by atoms with Gasteiger partial charge in [0.2, 0.25) is 0 Å². The highest BCUT2D eigenvalue weighted by atomic mass is 35.5. The van der Waals surface area contributed by atoms with Crippen LogP contribution < -0.4 is 5.73 Å². The van der Waals surface area contributed by atoms with Gasteiger partial charge in [-0.05, 0) is 24.1 Å². The van der Waals surface area contributed by atoms with Gasteiger partial charge in [0.15, 0.2) is 0 Å². The van der Waals surface area contributed by atoms with E-state index in [1.165, 1.54) is 0 Å². The number of ether oxygens (including phenoxy) is 2. The average molecular weight is 242 g/mol. The molecule has 0 saturated carbocycles. The Kier molecular flexibility index (Phi) is 3.82. The van der Waals surface area contributed by atoms with Crippen molar-refractivity contribution in [1.29, 1.82) is 0 Å². The van der Waals surface area contributed by atoms with Crippen molar-refractivity contribution in [2.45, 2.75) is 19.1 Å².